The molecule has 0 heterocycles. The highest BCUT2D eigenvalue weighted by Gasteiger charge is 2.07. The minimum absolute atomic E-state index is 0.153. The molecule has 5 nitrogen and oxygen atoms in total. The van der Waals surface area contributed by atoms with Crippen LogP contribution in [0.15, 0.2) is 0 Å². The molecule has 0 amide bonds. The molecule has 0 fully saturated rings. The second-order valence-corrected chi connectivity index (χ2v) is 4.51. The first-order valence-electron chi connectivity index (χ1n) is 7.21. The molecule has 0 spiro atoms. The van der Waals surface area contributed by atoms with Gasteiger partial charge in [-0.2, -0.15) is 0 Å². The Labute approximate surface area is 117 Å². The summed E-state index contributed by atoms with van der Waals surface area (Å²) in [6.07, 6.45) is 1.66. The number of unbranched alkanes of at least 4 members (excludes halogenated alkanes) is 1. The number of ether oxygens (including phenoxy) is 4. The summed E-state index contributed by atoms with van der Waals surface area (Å²) in [5.41, 5.74) is 0. The number of hydrogen-bond donors (Lipinski definition) is 1. The third-order valence-electron chi connectivity index (χ3n) is 2.67. The maximum Gasteiger partial charge on any atom is 0.0804 e. The van der Waals surface area contributed by atoms with E-state index in [1.807, 2.05) is 6.92 Å². The molecule has 0 saturated carbocycles. The van der Waals surface area contributed by atoms with Crippen LogP contribution in [0.5, 0.6) is 0 Å². The van der Waals surface area contributed by atoms with E-state index in [4.69, 9.17) is 18.9 Å². The van der Waals surface area contributed by atoms with Gasteiger partial charge in [-0.15, -0.1) is 0 Å². The van der Waals surface area contributed by atoms with Crippen molar-refractivity contribution in [2.45, 2.75) is 45.8 Å². The summed E-state index contributed by atoms with van der Waals surface area (Å²) in [7, 11) is 0. The molecule has 2 unspecified atom stereocenters. The fourth-order valence-electron chi connectivity index (χ4n) is 1.22. The van der Waals surface area contributed by atoms with Crippen LogP contribution in [0.3, 0.4) is 0 Å². The Bertz CT molecular complexity index is 175. The van der Waals surface area contributed by atoms with Gasteiger partial charge in [-0.05, 0) is 20.3 Å². The topological polar surface area (TPSA) is 57.2 Å². The van der Waals surface area contributed by atoms with Crippen molar-refractivity contribution in [1.29, 1.82) is 0 Å². The Morgan fingerprint density at radius 3 is 1.74 bits per heavy atom. The van der Waals surface area contributed by atoms with E-state index in [1.165, 1.54) is 0 Å². The number of aliphatic hydroxyl groups excluding tert-OH is 1. The van der Waals surface area contributed by atoms with E-state index in [2.05, 4.69) is 6.92 Å². The zero-order valence-electron chi connectivity index (χ0n) is 12.6. The summed E-state index contributed by atoms with van der Waals surface area (Å²) < 4.78 is 21.4. The summed E-state index contributed by atoms with van der Waals surface area (Å²) in [5, 5.41) is 9.20. The fraction of sp³-hybridized carbons (Fsp3) is 1.00. The molecule has 0 aromatic carbocycles. The minimum Gasteiger partial charge on any atom is -0.391 e. The molecular weight excluding hydrogens is 248 g/mol. The van der Waals surface area contributed by atoms with Crippen molar-refractivity contribution in [1.82, 2.24) is 0 Å². The molecule has 5 heteroatoms. The molecule has 0 aromatic rings. The largest absolute Gasteiger partial charge is 0.391 e. The Kier molecular flexibility index (Phi) is 14.1. The van der Waals surface area contributed by atoms with Crippen molar-refractivity contribution < 1.29 is 24.1 Å². The molecular formula is C14H30O5. The SMILES string of the molecule is CCCCOCCOCCOCCOC(C)C(C)O. The van der Waals surface area contributed by atoms with Crippen LogP contribution in [0.4, 0.5) is 0 Å². The minimum atomic E-state index is -0.448. The van der Waals surface area contributed by atoms with Gasteiger partial charge >= 0.3 is 0 Å². The van der Waals surface area contributed by atoms with Crippen molar-refractivity contribution in [2.24, 2.45) is 0 Å². The highest BCUT2D eigenvalue weighted by molar-refractivity contribution is 4.56. The summed E-state index contributed by atoms with van der Waals surface area (Å²) >= 11 is 0. The van der Waals surface area contributed by atoms with Crippen molar-refractivity contribution in [3.63, 3.8) is 0 Å². The van der Waals surface area contributed by atoms with E-state index in [-0.39, 0.29) is 6.10 Å². The number of aliphatic hydroxyl groups is 1. The van der Waals surface area contributed by atoms with Crippen molar-refractivity contribution in [3.05, 3.63) is 0 Å². The van der Waals surface area contributed by atoms with E-state index in [0.29, 0.717) is 39.6 Å². The highest BCUT2D eigenvalue weighted by Crippen LogP contribution is 1.96. The normalized spacial score (nSPS) is 14.5. The van der Waals surface area contributed by atoms with Crippen LogP contribution < -0.4 is 0 Å². The Hall–Kier alpha value is -0.200. The molecule has 0 radical (unpaired) electrons. The lowest BCUT2D eigenvalue weighted by Gasteiger charge is -2.15. The van der Waals surface area contributed by atoms with Gasteiger partial charge in [-0.25, -0.2) is 0 Å². The summed E-state index contributed by atoms with van der Waals surface area (Å²) in [6, 6.07) is 0. The van der Waals surface area contributed by atoms with Gasteiger partial charge in [0.2, 0.25) is 0 Å². The van der Waals surface area contributed by atoms with E-state index < -0.39 is 6.10 Å². The third kappa shape index (κ3) is 14.0. The van der Waals surface area contributed by atoms with Gasteiger partial charge in [0.05, 0.1) is 51.8 Å². The molecule has 0 saturated heterocycles. The van der Waals surface area contributed by atoms with Crippen LogP contribution in [-0.4, -0.2) is 63.6 Å². The lowest BCUT2D eigenvalue weighted by Crippen LogP contribution is -2.24. The fourth-order valence-corrected chi connectivity index (χ4v) is 1.22. The van der Waals surface area contributed by atoms with Crippen LogP contribution in [0.2, 0.25) is 0 Å². The third-order valence-corrected chi connectivity index (χ3v) is 2.67. The lowest BCUT2D eigenvalue weighted by molar-refractivity contribution is -0.0481. The van der Waals surface area contributed by atoms with E-state index in [9.17, 15) is 5.11 Å². The van der Waals surface area contributed by atoms with Gasteiger partial charge in [0, 0.05) is 6.61 Å². The maximum absolute atomic E-state index is 9.20. The average molecular weight is 278 g/mol. The zero-order valence-corrected chi connectivity index (χ0v) is 12.6. The summed E-state index contributed by atoms with van der Waals surface area (Å²) in [6.45, 7) is 9.91. The van der Waals surface area contributed by atoms with Crippen LogP contribution in [0.1, 0.15) is 33.6 Å². The first-order valence-corrected chi connectivity index (χ1v) is 7.21. The van der Waals surface area contributed by atoms with Gasteiger partial charge in [0.15, 0.2) is 0 Å². The summed E-state index contributed by atoms with van der Waals surface area (Å²) in [4.78, 5) is 0. The average Bonchev–Trinajstić information content (AvgIpc) is 2.39. The molecule has 0 aromatic heterocycles. The van der Waals surface area contributed by atoms with E-state index >= 15 is 0 Å². The zero-order chi connectivity index (χ0) is 14.3. The van der Waals surface area contributed by atoms with Crippen molar-refractivity contribution in [3.8, 4) is 0 Å². The molecule has 0 bridgehead atoms. The summed E-state index contributed by atoms with van der Waals surface area (Å²) in [5.74, 6) is 0. The number of hydrogen-bond acceptors (Lipinski definition) is 5. The second-order valence-electron chi connectivity index (χ2n) is 4.51. The first kappa shape index (κ1) is 18.8. The van der Waals surface area contributed by atoms with Crippen LogP contribution in [0.25, 0.3) is 0 Å². The van der Waals surface area contributed by atoms with Gasteiger partial charge in [0.1, 0.15) is 0 Å². The molecule has 19 heavy (non-hydrogen) atoms. The molecule has 0 aliphatic heterocycles. The number of rotatable bonds is 14. The smallest absolute Gasteiger partial charge is 0.0804 e. The molecule has 1 N–H and O–H groups in total. The van der Waals surface area contributed by atoms with Gasteiger partial charge in [-0.3, -0.25) is 0 Å². The molecule has 116 valence electrons. The van der Waals surface area contributed by atoms with Crippen molar-refractivity contribution >= 4 is 0 Å². The lowest BCUT2D eigenvalue weighted by atomic mass is 10.3. The van der Waals surface area contributed by atoms with Crippen molar-refractivity contribution in [2.75, 3.05) is 46.2 Å². The van der Waals surface area contributed by atoms with Gasteiger partial charge < -0.3 is 24.1 Å². The first-order chi connectivity index (χ1) is 9.18. The molecule has 0 aliphatic carbocycles. The predicted octanol–water partition coefficient (Wildman–Crippen LogP) is 1.62. The highest BCUT2D eigenvalue weighted by atomic mass is 16.6. The molecule has 0 aliphatic rings. The predicted molar refractivity (Wildman–Crippen MR) is 74.5 cm³/mol. The maximum atomic E-state index is 9.20. The van der Waals surface area contributed by atoms with E-state index in [1.54, 1.807) is 6.92 Å². The second kappa shape index (κ2) is 14.2. The Morgan fingerprint density at radius 2 is 1.26 bits per heavy atom. The van der Waals surface area contributed by atoms with Gasteiger partial charge in [0.25, 0.3) is 0 Å². The Balaban J connectivity index is 3.03. The monoisotopic (exact) mass is 278 g/mol. The Morgan fingerprint density at radius 1 is 0.789 bits per heavy atom. The van der Waals surface area contributed by atoms with Gasteiger partial charge in [-0.1, -0.05) is 13.3 Å². The van der Waals surface area contributed by atoms with Crippen LogP contribution >= 0.6 is 0 Å². The molecule has 2 atom stereocenters. The quantitative estimate of drug-likeness (QED) is 0.489. The standard InChI is InChI=1S/C14H30O5/c1-4-5-6-16-7-8-17-9-10-18-11-12-19-14(3)13(2)15/h13-15H,4-12H2,1-3H3. The molecule has 0 rings (SSSR count). The van der Waals surface area contributed by atoms with Crippen LogP contribution in [0, 0.1) is 0 Å². The van der Waals surface area contributed by atoms with E-state index in [0.717, 1.165) is 19.4 Å². The van der Waals surface area contributed by atoms with Crippen LogP contribution in [-0.2, 0) is 18.9 Å².